The predicted octanol–water partition coefficient (Wildman–Crippen LogP) is 5.66. The Hall–Kier alpha value is -3.61. The number of carbonyl (C=O) groups excluding carboxylic acids is 2. The van der Waals surface area contributed by atoms with Crippen molar-refractivity contribution in [3.63, 3.8) is 0 Å². The molecule has 178 valence electrons. The first-order chi connectivity index (χ1) is 16.5. The van der Waals surface area contributed by atoms with Crippen molar-refractivity contribution >= 4 is 17.6 Å². The highest BCUT2D eigenvalue weighted by Gasteiger charge is 2.27. The Kier molecular flexibility index (Phi) is 7.30. The van der Waals surface area contributed by atoms with Crippen LogP contribution in [0, 0.1) is 5.92 Å². The minimum absolute atomic E-state index is 0.0392. The molecule has 2 aromatic carbocycles. The fourth-order valence-electron chi connectivity index (χ4n) is 4.26. The molecule has 1 aliphatic rings. The van der Waals surface area contributed by atoms with Gasteiger partial charge in [0.05, 0.1) is 11.4 Å². The van der Waals surface area contributed by atoms with E-state index in [4.69, 9.17) is 0 Å². The molecule has 1 aliphatic carbocycles. The van der Waals surface area contributed by atoms with Crippen LogP contribution in [0.3, 0.4) is 0 Å². The molecule has 0 saturated heterocycles. The predicted molar refractivity (Wildman–Crippen MR) is 133 cm³/mol. The van der Waals surface area contributed by atoms with E-state index in [1.54, 1.807) is 18.2 Å². The van der Waals surface area contributed by atoms with Crippen molar-refractivity contribution in [3.8, 4) is 17.0 Å². The third-order valence-corrected chi connectivity index (χ3v) is 6.64. The molecule has 2 amide bonds. The number of aromatic hydroxyl groups is 1. The van der Waals surface area contributed by atoms with Gasteiger partial charge >= 0.3 is 6.03 Å². The van der Waals surface area contributed by atoms with Crippen LogP contribution in [-0.2, 0) is 11.3 Å². The van der Waals surface area contributed by atoms with E-state index < -0.39 is 0 Å². The lowest BCUT2D eigenvalue weighted by molar-refractivity contribution is -0.120. The van der Waals surface area contributed by atoms with E-state index in [0.717, 1.165) is 43.4 Å². The number of rotatable bonds is 8. The van der Waals surface area contributed by atoms with Crippen LogP contribution in [0.2, 0.25) is 0 Å². The van der Waals surface area contributed by atoms with Gasteiger partial charge in [-0.15, -0.1) is 0 Å². The first kappa shape index (κ1) is 23.5. The summed E-state index contributed by atoms with van der Waals surface area (Å²) in [7, 11) is 0. The van der Waals surface area contributed by atoms with Gasteiger partial charge in [-0.05, 0) is 55.5 Å². The molecule has 3 aromatic rings. The number of nitrogens with zero attached hydrogens (tertiary/aromatic N) is 2. The Labute approximate surface area is 200 Å². The molecule has 1 fully saturated rings. The second kappa shape index (κ2) is 10.5. The van der Waals surface area contributed by atoms with Crippen LogP contribution < -0.4 is 10.6 Å². The number of anilines is 1. The van der Waals surface area contributed by atoms with Crippen LogP contribution >= 0.6 is 0 Å². The fourth-order valence-corrected chi connectivity index (χ4v) is 4.26. The fraction of sp³-hybridized carbons (Fsp3) is 0.370. The molecule has 0 atom stereocenters. The quantitative estimate of drug-likeness (QED) is 0.378. The molecule has 3 N–H and O–H groups in total. The van der Waals surface area contributed by atoms with Gasteiger partial charge in [-0.1, -0.05) is 50.6 Å². The van der Waals surface area contributed by atoms with Gasteiger partial charge in [0.2, 0.25) is 5.91 Å². The number of amides is 2. The van der Waals surface area contributed by atoms with Gasteiger partial charge < -0.3 is 15.7 Å². The van der Waals surface area contributed by atoms with Crippen molar-refractivity contribution in [2.75, 3.05) is 5.32 Å². The highest BCUT2D eigenvalue weighted by molar-refractivity contribution is 5.93. The maximum absolute atomic E-state index is 13.0. The minimum atomic E-state index is -0.297. The molecule has 1 aromatic heterocycles. The Morgan fingerprint density at radius 3 is 2.47 bits per heavy atom. The smallest absolute Gasteiger partial charge is 0.342 e. The van der Waals surface area contributed by atoms with Gasteiger partial charge in [-0.2, -0.15) is 9.78 Å². The third kappa shape index (κ3) is 5.14. The van der Waals surface area contributed by atoms with Crippen LogP contribution in [0.1, 0.15) is 63.1 Å². The van der Waals surface area contributed by atoms with Gasteiger partial charge in [0.25, 0.3) is 0 Å². The summed E-state index contributed by atoms with van der Waals surface area (Å²) in [4.78, 5) is 25.6. The van der Waals surface area contributed by atoms with Gasteiger partial charge in [0, 0.05) is 29.6 Å². The van der Waals surface area contributed by atoms with E-state index in [1.165, 1.54) is 4.68 Å². The normalized spacial score (nSPS) is 13.5. The summed E-state index contributed by atoms with van der Waals surface area (Å²) < 4.78 is 1.43. The van der Waals surface area contributed by atoms with E-state index in [1.807, 2.05) is 50.2 Å². The zero-order chi connectivity index (χ0) is 24.1. The lowest BCUT2D eigenvalue weighted by Crippen LogP contribution is -2.31. The Morgan fingerprint density at radius 2 is 1.82 bits per heavy atom. The second-order valence-corrected chi connectivity index (χ2v) is 8.87. The average Bonchev–Trinajstić information content (AvgIpc) is 3.23. The average molecular weight is 461 g/mol. The first-order valence-corrected chi connectivity index (χ1v) is 12.1. The second-order valence-electron chi connectivity index (χ2n) is 8.87. The molecule has 0 spiro atoms. The van der Waals surface area contributed by atoms with Gasteiger partial charge in [-0.3, -0.25) is 4.79 Å². The molecule has 7 nitrogen and oxygen atoms in total. The highest BCUT2D eigenvalue weighted by atomic mass is 16.3. The molecule has 1 saturated carbocycles. The number of carbonyl (C=O) groups is 2. The maximum atomic E-state index is 13.0. The summed E-state index contributed by atoms with van der Waals surface area (Å²) in [5.41, 5.74) is 3.44. The molecule has 34 heavy (non-hydrogen) atoms. The topological polar surface area (TPSA) is 96.2 Å². The molecule has 0 radical (unpaired) electrons. The molecule has 0 unspecified atom stereocenters. The van der Waals surface area contributed by atoms with Crippen LogP contribution in [-0.4, -0.2) is 26.8 Å². The third-order valence-electron chi connectivity index (χ3n) is 6.64. The van der Waals surface area contributed by atoms with Crippen LogP contribution in [0.4, 0.5) is 10.5 Å². The summed E-state index contributed by atoms with van der Waals surface area (Å²) in [6.45, 7) is 4.39. The minimum Gasteiger partial charge on any atom is -0.507 e. The lowest BCUT2D eigenvalue weighted by atomic mass is 9.82. The van der Waals surface area contributed by atoms with Gasteiger partial charge in [0.1, 0.15) is 5.75 Å². The number of benzene rings is 2. The SMILES string of the molecule is CCC(CC)C(=O)Nc1ccc(O)c(-c2cc(C3CCC3)n(C(=O)NCc3ccccc3)n2)c1. The molecular weight excluding hydrogens is 428 g/mol. The van der Waals surface area contributed by atoms with Crippen LogP contribution in [0.15, 0.2) is 54.6 Å². The first-order valence-electron chi connectivity index (χ1n) is 12.1. The van der Waals surface area contributed by atoms with Crippen molar-refractivity contribution < 1.29 is 14.7 Å². The molecule has 7 heteroatoms. The van der Waals surface area contributed by atoms with Crippen molar-refractivity contribution in [2.24, 2.45) is 5.92 Å². The summed E-state index contributed by atoms with van der Waals surface area (Å²) in [5, 5.41) is 21.0. The van der Waals surface area contributed by atoms with Crippen molar-refractivity contribution in [1.29, 1.82) is 0 Å². The number of nitrogens with one attached hydrogen (secondary N) is 2. The zero-order valence-corrected chi connectivity index (χ0v) is 19.8. The number of phenols is 1. The molecule has 0 aliphatic heterocycles. The van der Waals surface area contributed by atoms with Gasteiger partial charge in [0.15, 0.2) is 0 Å². The molecule has 4 rings (SSSR count). The Morgan fingerprint density at radius 1 is 1.09 bits per heavy atom. The van der Waals surface area contributed by atoms with E-state index in [0.29, 0.717) is 23.5 Å². The van der Waals surface area contributed by atoms with E-state index in [9.17, 15) is 14.7 Å². The van der Waals surface area contributed by atoms with Gasteiger partial charge in [-0.25, -0.2) is 4.79 Å². The molecule has 1 heterocycles. The number of phenolic OH excluding ortho intramolecular Hbond substituents is 1. The molecule has 0 bridgehead atoms. The monoisotopic (exact) mass is 460 g/mol. The van der Waals surface area contributed by atoms with E-state index in [-0.39, 0.29) is 29.5 Å². The Bertz CT molecular complexity index is 1150. The largest absolute Gasteiger partial charge is 0.507 e. The Balaban J connectivity index is 1.60. The van der Waals surface area contributed by atoms with Crippen molar-refractivity contribution in [1.82, 2.24) is 15.1 Å². The molecular formula is C27H32N4O3. The zero-order valence-electron chi connectivity index (χ0n) is 19.8. The standard InChI is InChI=1S/C27H32N4O3/c1-3-19(4-2)26(33)29-21-13-14-25(32)22(15-21)23-16-24(20-11-8-12-20)31(30-23)27(34)28-17-18-9-6-5-7-10-18/h5-7,9-10,13-16,19-20,32H,3-4,8,11-12,17H2,1-2H3,(H,28,34)(H,29,33). The summed E-state index contributed by atoms with van der Waals surface area (Å²) in [5.74, 6) is 0.219. The number of hydrogen-bond acceptors (Lipinski definition) is 4. The van der Waals surface area contributed by atoms with Crippen LogP contribution in [0.5, 0.6) is 5.75 Å². The van der Waals surface area contributed by atoms with E-state index in [2.05, 4.69) is 15.7 Å². The summed E-state index contributed by atoms with van der Waals surface area (Å²) >= 11 is 0. The van der Waals surface area contributed by atoms with Crippen molar-refractivity contribution in [3.05, 3.63) is 65.9 Å². The summed E-state index contributed by atoms with van der Waals surface area (Å²) in [6.07, 6.45) is 4.67. The number of hydrogen-bond donors (Lipinski definition) is 3. The van der Waals surface area contributed by atoms with E-state index >= 15 is 0 Å². The lowest BCUT2D eigenvalue weighted by Gasteiger charge is -2.25. The van der Waals surface area contributed by atoms with Crippen LogP contribution in [0.25, 0.3) is 11.3 Å². The highest BCUT2D eigenvalue weighted by Crippen LogP contribution is 2.39. The summed E-state index contributed by atoms with van der Waals surface area (Å²) in [6, 6.07) is 16.3. The number of aromatic nitrogens is 2. The van der Waals surface area contributed by atoms with Crippen molar-refractivity contribution in [2.45, 2.75) is 58.4 Å². The maximum Gasteiger partial charge on any atom is 0.342 e.